The Morgan fingerprint density at radius 3 is 2.70 bits per heavy atom. The minimum Gasteiger partial charge on any atom is -0.486 e. The molecule has 1 unspecified atom stereocenters. The minimum atomic E-state index is -3.51. The van der Waals surface area contributed by atoms with Gasteiger partial charge >= 0.3 is 0 Å². The summed E-state index contributed by atoms with van der Waals surface area (Å²) in [5.74, 6) is 1.51. The summed E-state index contributed by atoms with van der Waals surface area (Å²) in [5, 5.41) is 0. The van der Waals surface area contributed by atoms with Gasteiger partial charge in [0.15, 0.2) is 11.5 Å². The molecule has 0 amide bonds. The predicted molar refractivity (Wildman–Crippen MR) is 85.3 cm³/mol. The van der Waals surface area contributed by atoms with Crippen LogP contribution in [0, 0.1) is 5.92 Å². The maximum Gasteiger partial charge on any atom is 0.240 e. The average Bonchev–Trinajstić information content (AvgIpc) is 3.31. The van der Waals surface area contributed by atoms with Gasteiger partial charge in [0.05, 0.1) is 4.90 Å². The number of sulfonamides is 1. The van der Waals surface area contributed by atoms with E-state index in [1.54, 1.807) is 18.2 Å². The Hall–Kier alpha value is -1.31. The SMILES string of the molecule is O=S(=O)(NCC1CCN(C2CC2)C1)c1ccc2c(c1)OCCO2. The standard InChI is InChI=1S/C16H22N2O4S/c19-23(20,14-3-4-15-16(9-14)22-8-7-21-15)17-10-12-5-6-18(11-12)13-1-2-13/h3-4,9,12-13,17H,1-2,5-8,10-11H2. The topological polar surface area (TPSA) is 67.9 Å². The molecule has 2 heterocycles. The van der Waals surface area contributed by atoms with Crippen molar-refractivity contribution >= 4 is 10.0 Å². The van der Waals surface area contributed by atoms with Crippen LogP contribution in [0.2, 0.25) is 0 Å². The normalized spacial score (nSPS) is 24.8. The van der Waals surface area contributed by atoms with E-state index < -0.39 is 10.0 Å². The molecule has 1 N–H and O–H groups in total. The van der Waals surface area contributed by atoms with Gasteiger partial charge in [-0.05, 0) is 43.9 Å². The second-order valence-electron chi connectivity index (χ2n) is 6.54. The molecule has 2 aliphatic heterocycles. The third-order valence-electron chi connectivity index (χ3n) is 4.77. The zero-order valence-corrected chi connectivity index (χ0v) is 13.8. The molecule has 0 bridgehead atoms. The molecule has 1 saturated carbocycles. The lowest BCUT2D eigenvalue weighted by Crippen LogP contribution is -2.31. The molecule has 7 heteroatoms. The van der Waals surface area contributed by atoms with Gasteiger partial charge in [-0.15, -0.1) is 0 Å². The number of benzene rings is 1. The van der Waals surface area contributed by atoms with Gasteiger partial charge in [0.2, 0.25) is 10.0 Å². The molecule has 1 atom stereocenters. The van der Waals surface area contributed by atoms with Crippen molar-refractivity contribution in [2.75, 3.05) is 32.8 Å². The van der Waals surface area contributed by atoms with Gasteiger partial charge in [-0.1, -0.05) is 0 Å². The molecule has 1 aromatic carbocycles. The maximum atomic E-state index is 12.5. The van der Waals surface area contributed by atoms with Gasteiger partial charge in [0.25, 0.3) is 0 Å². The van der Waals surface area contributed by atoms with E-state index in [1.165, 1.54) is 12.8 Å². The zero-order valence-electron chi connectivity index (χ0n) is 13.0. The highest BCUT2D eigenvalue weighted by Gasteiger charge is 2.34. The Morgan fingerprint density at radius 2 is 1.91 bits per heavy atom. The van der Waals surface area contributed by atoms with Crippen molar-refractivity contribution in [3.63, 3.8) is 0 Å². The number of hydrogen-bond acceptors (Lipinski definition) is 5. The fourth-order valence-corrected chi connectivity index (χ4v) is 4.43. The van der Waals surface area contributed by atoms with Gasteiger partial charge < -0.3 is 14.4 Å². The monoisotopic (exact) mass is 338 g/mol. The fraction of sp³-hybridized carbons (Fsp3) is 0.625. The minimum absolute atomic E-state index is 0.235. The average molecular weight is 338 g/mol. The number of likely N-dealkylation sites (tertiary alicyclic amines) is 1. The first-order valence-corrected chi connectivity index (χ1v) is 9.73. The lowest BCUT2D eigenvalue weighted by Gasteiger charge is -2.19. The first kappa shape index (κ1) is 15.2. The molecule has 23 heavy (non-hydrogen) atoms. The number of fused-ring (bicyclic) bond motifs is 1. The van der Waals surface area contributed by atoms with Crippen molar-refractivity contribution in [2.45, 2.75) is 30.2 Å². The molecule has 1 aromatic rings. The van der Waals surface area contributed by atoms with Crippen LogP contribution in [0.5, 0.6) is 11.5 Å². The van der Waals surface area contributed by atoms with Crippen LogP contribution < -0.4 is 14.2 Å². The quantitative estimate of drug-likeness (QED) is 0.874. The largest absolute Gasteiger partial charge is 0.486 e. The molecule has 0 aromatic heterocycles. The van der Waals surface area contributed by atoms with Crippen LogP contribution in [-0.4, -0.2) is 52.2 Å². The second-order valence-corrected chi connectivity index (χ2v) is 8.31. The lowest BCUT2D eigenvalue weighted by atomic mass is 10.1. The number of rotatable bonds is 5. The first-order chi connectivity index (χ1) is 11.1. The molecule has 1 saturated heterocycles. The van der Waals surface area contributed by atoms with Crippen molar-refractivity contribution in [3.05, 3.63) is 18.2 Å². The van der Waals surface area contributed by atoms with E-state index in [9.17, 15) is 8.42 Å². The zero-order chi connectivity index (χ0) is 15.9. The summed E-state index contributed by atoms with van der Waals surface area (Å²) < 4.78 is 38.6. The molecule has 4 rings (SSSR count). The molecular weight excluding hydrogens is 316 g/mol. The highest BCUT2D eigenvalue weighted by atomic mass is 32.2. The van der Waals surface area contributed by atoms with Crippen molar-refractivity contribution in [2.24, 2.45) is 5.92 Å². The summed E-state index contributed by atoms with van der Waals surface area (Å²) >= 11 is 0. The molecule has 0 spiro atoms. The van der Waals surface area contributed by atoms with Gasteiger partial charge in [-0.25, -0.2) is 13.1 Å². The number of hydrogen-bond donors (Lipinski definition) is 1. The third kappa shape index (κ3) is 3.32. The predicted octanol–water partition coefficient (Wildman–Crippen LogP) is 1.22. The molecular formula is C16H22N2O4S. The third-order valence-corrected chi connectivity index (χ3v) is 6.19. The Kier molecular flexibility index (Phi) is 3.95. The van der Waals surface area contributed by atoms with E-state index in [4.69, 9.17) is 9.47 Å². The van der Waals surface area contributed by atoms with E-state index in [1.807, 2.05) is 0 Å². The summed E-state index contributed by atoms with van der Waals surface area (Å²) in [7, 11) is -3.51. The number of nitrogens with one attached hydrogen (secondary N) is 1. The second kappa shape index (κ2) is 5.96. The summed E-state index contributed by atoms with van der Waals surface area (Å²) in [6.45, 7) is 3.55. The van der Waals surface area contributed by atoms with Gasteiger partial charge in [0.1, 0.15) is 13.2 Å². The van der Waals surface area contributed by atoms with Crippen LogP contribution >= 0.6 is 0 Å². The molecule has 0 radical (unpaired) electrons. The van der Waals surface area contributed by atoms with Crippen LogP contribution in [0.15, 0.2) is 23.1 Å². The fourth-order valence-electron chi connectivity index (χ4n) is 3.30. The number of ether oxygens (including phenoxy) is 2. The summed E-state index contributed by atoms with van der Waals surface area (Å²) in [4.78, 5) is 2.72. The van der Waals surface area contributed by atoms with Crippen LogP contribution in [0.4, 0.5) is 0 Å². The van der Waals surface area contributed by atoms with E-state index in [-0.39, 0.29) is 4.90 Å². The Balaban J connectivity index is 1.39. The molecule has 126 valence electrons. The van der Waals surface area contributed by atoms with Crippen LogP contribution in [0.1, 0.15) is 19.3 Å². The summed E-state index contributed by atoms with van der Waals surface area (Å²) in [5.41, 5.74) is 0. The highest BCUT2D eigenvalue weighted by Crippen LogP contribution is 2.33. The van der Waals surface area contributed by atoms with Gasteiger partial charge in [-0.2, -0.15) is 0 Å². The van der Waals surface area contributed by atoms with Gasteiger partial charge in [-0.3, -0.25) is 0 Å². The Bertz CT molecular complexity index is 687. The molecule has 1 aliphatic carbocycles. The Labute approximate surface area is 136 Å². The van der Waals surface area contributed by atoms with E-state index >= 15 is 0 Å². The van der Waals surface area contributed by atoms with Crippen molar-refractivity contribution in [1.82, 2.24) is 9.62 Å². The summed E-state index contributed by atoms with van der Waals surface area (Å²) in [6, 6.07) is 5.53. The maximum absolute atomic E-state index is 12.5. The van der Waals surface area contributed by atoms with E-state index in [0.29, 0.717) is 37.2 Å². The Morgan fingerprint density at radius 1 is 1.13 bits per heavy atom. The van der Waals surface area contributed by atoms with Crippen LogP contribution in [-0.2, 0) is 10.0 Å². The van der Waals surface area contributed by atoms with Crippen LogP contribution in [0.25, 0.3) is 0 Å². The number of nitrogens with zero attached hydrogens (tertiary/aromatic N) is 1. The highest BCUT2D eigenvalue weighted by molar-refractivity contribution is 7.89. The molecule has 3 aliphatic rings. The smallest absolute Gasteiger partial charge is 0.240 e. The molecule has 6 nitrogen and oxygen atoms in total. The molecule has 2 fully saturated rings. The van der Waals surface area contributed by atoms with E-state index in [0.717, 1.165) is 25.6 Å². The van der Waals surface area contributed by atoms with Crippen LogP contribution in [0.3, 0.4) is 0 Å². The lowest BCUT2D eigenvalue weighted by molar-refractivity contribution is 0.171. The first-order valence-electron chi connectivity index (χ1n) is 8.25. The van der Waals surface area contributed by atoms with Crippen molar-refractivity contribution < 1.29 is 17.9 Å². The summed E-state index contributed by atoms with van der Waals surface area (Å²) in [6.07, 6.45) is 3.67. The van der Waals surface area contributed by atoms with E-state index in [2.05, 4.69) is 9.62 Å². The van der Waals surface area contributed by atoms with Crippen molar-refractivity contribution in [3.8, 4) is 11.5 Å². The van der Waals surface area contributed by atoms with Gasteiger partial charge in [0, 0.05) is 25.2 Å². The van der Waals surface area contributed by atoms with Crippen molar-refractivity contribution in [1.29, 1.82) is 0 Å².